The second-order valence-corrected chi connectivity index (χ2v) is 5.77. The van der Waals surface area contributed by atoms with Crippen LogP contribution in [0.5, 0.6) is 0 Å². The minimum Gasteiger partial charge on any atom is -0.382 e. The molecule has 0 spiro atoms. The SMILES string of the molecule is CC(CCNc1cn[nH]c(=O)c1Cl)N(C)Cc1ccccc1. The molecule has 6 heteroatoms. The highest BCUT2D eigenvalue weighted by atomic mass is 35.5. The summed E-state index contributed by atoms with van der Waals surface area (Å²) in [6.07, 6.45) is 2.47. The van der Waals surface area contributed by atoms with Crippen molar-refractivity contribution in [3.63, 3.8) is 0 Å². The van der Waals surface area contributed by atoms with E-state index in [4.69, 9.17) is 11.6 Å². The lowest BCUT2D eigenvalue weighted by molar-refractivity contribution is 0.242. The Labute approximate surface area is 135 Å². The quantitative estimate of drug-likeness (QED) is 0.823. The van der Waals surface area contributed by atoms with Gasteiger partial charge in [0.25, 0.3) is 5.56 Å². The van der Waals surface area contributed by atoms with Gasteiger partial charge in [0.05, 0.1) is 11.9 Å². The van der Waals surface area contributed by atoms with E-state index in [1.165, 1.54) is 11.8 Å². The third-order valence-corrected chi connectivity index (χ3v) is 4.08. The van der Waals surface area contributed by atoms with Crippen molar-refractivity contribution in [2.45, 2.75) is 25.9 Å². The number of H-pyrrole nitrogens is 1. The third-order valence-electron chi connectivity index (χ3n) is 3.70. The monoisotopic (exact) mass is 320 g/mol. The van der Waals surface area contributed by atoms with E-state index in [0.29, 0.717) is 11.7 Å². The van der Waals surface area contributed by atoms with E-state index in [1.807, 2.05) is 6.07 Å². The Kier molecular flexibility index (Phi) is 5.98. The highest BCUT2D eigenvalue weighted by Gasteiger charge is 2.10. The standard InChI is InChI=1S/C16H21ClN4O/c1-12(21(2)11-13-6-4-3-5-7-13)8-9-18-14-10-19-20-16(22)15(14)17/h3-7,10,12H,8-9,11H2,1-2H3,(H2,18,20,22). The summed E-state index contributed by atoms with van der Waals surface area (Å²) in [5, 5.41) is 9.35. The minimum atomic E-state index is -0.374. The number of hydrogen-bond donors (Lipinski definition) is 2. The van der Waals surface area contributed by atoms with Crippen LogP contribution in [0.3, 0.4) is 0 Å². The number of nitrogens with zero attached hydrogens (tertiary/aromatic N) is 2. The van der Waals surface area contributed by atoms with Crippen LogP contribution in [0.2, 0.25) is 5.02 Å². The second kappa shape index (κ2) is 7.96. The summed E-state index contributed by atoms with van der Waals surface area (Å²) in [6.45, 7) is 3.82. The molecular weight excluding hydrogens is 300 g/mol. The van der Waals surface area contributed by atoms with Crippen molar-refractivity contribution in [3.05, 3.63) is 57.5 Å². The van der Waals surface area contributed by atoms with Crippen LogP contribution in [-0.2, 0) is 6.54 Å². The molecule has 1 atom stereocenters. The van der Waals surface area contributed by atoms with Crippen molar-refractivity contribution < 1.29 is 0 Å². The number of aromatic nitrogens is 2. The van der Waals surface area contributed by atoms with E-state index in [-0.39, 0.29) is 10.6 Å². The van der Waals surface area contributed by atoms with Crippen molar-refractivity contribution >= 4 is 17.3 Å². The Balaban J connectivity index is 1.81. The van der Waals surface area contributed by atoms with Gasteiger partial charge in [-0.1, -0.05) is 41.9 Å². The number of rotatable bonds is 7. The van der Waals surface area contributed by atoms with Gasteiger partial charge in [0.15, 0.2) is 0 Å². The number of anilines is 1. The van der Waals surface area contributed by atoms with Crippen molar-refractivity contribution in [2.75, 3.05) is 18.9 Å². The van der Waals surface area contributed by atoms with E-state index in [2.05, 4.69) is 58.7 Å². The second-order valence-electron chi connectivity index (χ2n) is 5.39. The zero-order chi connectivity index (χ0) is 15.9. The number of hydrogen-bond acceptors (Lipinski definition) is 4. The van der Waals surface area contributed by atoms with Gasteiger partial charge in [-0.2, -0.15) is 5.10 Å². The zero-order valence-electron chi connectivity index (χ0n) is 12.8. The van der Waals surface area contributed by atoms with E-state index in [1.54, 1.807) is 0 Å². The van der Waals surface area contributed by atoms with E-state index >= 15 is 0 Å². The molecule has 0 saturated heterocycles. The molecule has 1 aromatic carbocycles. The Morgan fingerprint density at radius 1 is 1.36 bits per heavy atom. The average molecular weight is 321 g/mol. The molecule has 0 aliphatic rings. The molecule has 5 nitrogen and oxygen atoms in total. The lowest BCUT2D eigenvalue weighted by Gasteiger charge is -2.25. The Hall–Kier alpha value is -1.85. The summed E-state index contributed by atoms with van der Waals surface area (Å²) in [6, 6.07) is 10.8. The highest BCUT2D eigenvalue weighted by Crippen LogP contribution is 2.15. The van der Waals surface area contributed by atoms with Crippen LogP contribution in [-0.4, -0.2) is 34.7 Å². The average Bonchev–Trinajstić information content (AvgIpc) is 2.52. The van der Waals surface area contributed by atoms with E-state index in [0.717, 1.165) is 19.5 Å². The van der Waals surface area contributed by atoms with Gasteiger partial charge in [0.2, 0.25) is 0 Å². The number of benzene rings is 1. The number of nitrogens with one attached hydrogen (secondary N) is 2. The maximum absolute atomic E-state index is 11.4. The molecule has 0 bridgehead atoms. The van der Waals surface area contributed by atoms with Crippen LogP contribution >= 0.6 is 11.6 Å². The maximum Gasteiger partial charge on any atom is 0.285 e. The van der Waals surface area contributed by atoms with Gasteiger partial charge in [-0.25, -0.2) is 5.10 Å². The van der Waals surface area contributed by atoms with Gasteiger partial charge < -0.3 is 5.32 Å². The van der Waals surface area contributed by atoms with Gasteiger partial charge in [-0.05, 0) is 26.0 Å². The molecule has 118 valence electrons. The fourth-order valence-electron chi connectivity index (χ4n) is 2.17. The summed E-state index contributed by atoms with van der Waals surface area (Å²) in [5.74, 6) is 0. The first-order valence-electron chi connectivity index (χ1n) is 7.29. The number of halogens is 1. The van der Waals surface area contributed by atoms with Crippen LogP contribution in [0.1, 0.15) is 18.9 Å². The van der Waals surface area contributed by atoms with Gasteiger partial charge in [-0.3, -0.25) is 9.69 Å². The molecule has 1 heterocycles. The van der Waals surface area contributed by atoms with Crippen LogP contribution in [0.25, 0.3) is 0 Å². The highest BCUT2D eigenvalue weighted by molar-refractivity contribution is 6.32. The van der Waals surface area contributed by atoms with Gasteiger partial charge in [0, 0.05) is 19.1 Å². The van der Waals surface area contributed by atoms with Crippen molar-refractivity contribution in [1.82, 2.24) is 15.1 Å². The predicted octanol–water partition coefficient (Wildman–Crippen LogP) is 2.75. The molecule has 1 aromatic heterocycles. The molecule has 0 amide bonds. The molecule has 0 fully saturated rings. The van der Waals surface area contributed by atoms with Crippen LogP contribution in [0.15, 0.2) is 41.3 Å². The van der Waals surface area contributed by atoms with Gasteiger partial charge in [-0.15, -0.1) is 0 Å². The first-order chi connectivity index (χ1) is 10.6. The fraction of sp³-hybridized carbons (Fsp3) is 0.375. The smallest absolute Gasteiger partial charge is 0.285 e. The van der Waals surface area contributed by atoms with Crippen LogP contribution in [0.4, 0.5) is 5.69 Å². The molecule has 0 saturated carbocycles. The summed E-state index contributed by atoms with van der Waals surface area (Å²) in [7, 11) is 2.11. The predicted molar refractivity (Wildman–Crippen MR) is 90.3 cm³/mol. The maximum atomic E-state index is 11.4. The molecule has 0 aliphatic heterocycles. The number of aromatic amines is 1. The Morgan fingerprint density at radius 2 is 2.09 bits per heavy atom. The van der Waals surface area contributed by atoms with Gasteiger partial charge in [0.1, 0.15) is 5.02 Å². The van der Waals surface area contributed by atoms with E-state index in [9.17, 15) is 4.79 Å². The lowest BCUT2D eigenvalue weighted by Crippen LogP contribution is -2.30. The fourth-order valence-corrected chi connectivity index (χ4v) is 2.33. The van der Waals surface area contributed by atoms with Crippen molar-refractivity contribution in [3.8, 4) is 0 Å². The molecule has 0 radical (unpaired) electrons. The summed E-state index contributed by atoms with van der Waals surface area (Å²) >= 11 is 5.92. The Morgan fingerprint density at radius 3 is 2.82 bits per heavy atom. The first kappa shape index (κ1) is 16.5. The molecule has 0 aliphatic carbocycles. The molecule has 2 rings (SSSR count). The summed E-state index contributed by atoms with van der Waals surface area (Å²) in [4.78, 5) is 13.7. The van der Waals surface area contributed by atoms with E-state index < -0.39 is 0 Å². The Bertz CT molecular complexity index is 644. The van der Waals surface area contributed by atoms with Crippen LogP contribution < -0.4 is 10.9 Å². The molecule has 2 N–H and O–H groups in total. The summed E-state index contributed by atoms with van der Waals surface area (Å²) in [5.41, 5.74) is 1.50. The molecule has 1 unspecified atom stereocenters. The minimum absolute atomic E-state index is 0.153. The molecule has 22 heavy (non-hydrogen) atoms. The molecular formula is C16H21ClN4O. The normalized spacial score (nSPS) is 12.4. The first-order valence-corrected chi connectivity index (χ1v) is 7.67. The molecule has 2 aromatic rings. The van der Waals surface area contributed by atoms with Crippen molar-refractivity contribution in [2.24, 2.45) is 0 Å². The lowest BCUT2D eigenvalue weighted by atomic mass is 10.1. The zero-order valence-corrected chi connectivity index (χ0v) is 13.6. The van der Waals surface area contributed by atoms with Crippen molar-refractivity contribution in [1.29, 1.82) is 0 Å². The topological polar surface area (TPSA) is 61.0 Å². The largest absolute Gasteiger partial charge is 0.382 e. The summed E-state index contributed by atoms with van der Waals surface area (Å²) < 4.78 is 0. The third kappa shape index (κ3) is 4.58. The van der Waals surface area contributed by atoms with Gasteiger partial charge >= 0.3 is 0 Å². The van der Waals surface area contributed by atoms with Crippen LogP contribution in [0, 0.1) is 0 Å².